The molecule has 1 aromatic heterocycles. The average Bonchev–Trinajstić information content (AvgIpc) is 2.88. The number of nitrogens with zero attached hydrogens (tertiary/aromatic N) is 2. The van der Waals surface area contributed by atoms with Crippen LogP contribution in [0, 0.1) is 0 Å². The van der Waals surface area contributed by atoms with Crippen molar-refractivity contribution in [3.05, 3.63) is 29.1 Å². The van der Waals surface area contributed by atoms with Gasteiger partial charge in [-0.25, -0.2) is 0 Å². The number of rotatable bonds is 6. The number of aryl methyl sites for hydroxylation is 2. The Morgan fingerprint density at radius 1 is 1.32 bits per heavy atom. The van der Waals surface area contributed by atoms with E-state index in [1.165, 1.54) is 37.1 Å². The number of aromatic nitrogens is 2. The minimum Gasteiger partial charge on any atom is -0.306 e. The molecule has 3 nitrogen and oxygen atoms in total. The van der Waals surface area contributed by atoms with E-state index in [2.05, 4.69) is 42.9 Å². The zero-order valence-corrected chi connectivity index (χ0v) is 12.6. The van der Waals surface area contributed by atoms with Crippen LogP contribution in [-0.4, -0.2) is 16.3 Å². The van der Waals surface area contributed by atoms with Gasteiger partial charge in [-0.3, -0.25) is 4.68 Å². The molecule has 106 valence electrons. The van der Waals surface area contributed by atoms with Gasteiger partial charge in [0.1, 0.15) is 0 Å². The molecule has 1 atom stereocenters. The summed E-state index contributed by atoms with van der Waals surface area (Å²) < 4.78 is 2.17. The minimum absolute atomic E-state index is 0.359. The molecule has 0 spiro atoms. The van der Waals surface area contributed by atoms with Gasteiger partial charge in [0.15, 0.2) is 0 Å². The van der Waals surface area contributed by atoms with Gasteiger partial charge in [0, 0.05) is 6.54 Å². The Hall–Kier alpha value is -1.09. The highest BCUT2D eigenvalue weighted by Crippen LogP contribution is 2.30. The van der Waals surface area contributed by atoms with Crippen LogP contribution in [0.25, 0.3) is 0 Å². The second-order valence-electron chi connectivity index (χ2n) is 5.25. The topological polar surface area (TPSA) is 29.9 Å². The number of nitrogens with one attached hydrogen (secondary N) is 1. The fourth-order valence-electron chi connectivity index (χ4n) is 2.90. The van der Waals surface area contributed by atoms with E-state index in [9.17, 15) is 0 Å². The molecule has 19 heavy (non-hydrogen) atoms. The Morgan fingerprint density at radius 3 is 2.74 bits per heavy atom. The highest BCUT2D eigenvalue weighted by molar-refractivity contribution is 5.26. The first-order chi connectivity index (χ1) is 9.30. The Balaban J connectivity index is 2.32. The van der Waals surface area contributed by atoms with Gasteiger partial charge in [-0.05, 0) is 51.6 Å². The Kier molecular flexibility index (Phi) is 5.20. The molecule has 2 rings (SSSR count). The smallest absolute Gasteiger partial charge is 0.0707 e. The molecule has 1 aromatic rings. The summed E-state index contributed by atoms with van der Waals surface area (Å²) in [6, 6.07) is 2.64. The van der Waals surface area contributed by atoms with Gasteiger partial charge in [-0.2, -0.15) is 5.10 Å². The molecule has 1 unspecified atom stereocenters. The standard InChI is InChI=1S/C16H27N3/c1-4-14-12-15(19(6-3)18-14)16(17-5-2)13-10-8-7-9-11-13/h10,12,16-17H,4-9,11H2,1-3H3. The predicted molar refractivity (Wildman–Crippen MR) is 80.2 cm³/mol. The average molecular weight is 261 g/mol. The minimum atomic E-state index is 0.359. The summed E-state index contributed by atoms with van der Waals surface area (Å²) in [5, 5.41) is 8.35. The van der Waals surface area contributed by atoms with Crippen molar-refractivity contribution >= 4 is 0 Å². The van der Waals surface area contributed by atoms with Crippen molar-refractivity contribution in [2.75, 3.05) is 6.54 Å². The Bertz CT molecular complexity index is 431. The molecule has 0 bridgehead atoms. The van der Waals surface area contributed by atoms with Crippen molar-refractivity contribution in [3.63, 3.8) is 0 Å². The molecule has 0 saturated heterocycles. The molecule has 1 heterocycles. The van der Waals surface area contributed by atoms with E-state index < -0.39 is 0 Å². The molecule has 0 aliphatic heterocycles. The van der Waals surface area contributed by atoms with Gasteiger partial charge in [-0.15, -0.1) is 0 Å². The lowest BCUT2D eigenvalue weighted by atomic mass is 9.92. The van der Waals surface area contributed by atoms with Crippen LogP contribution in [-0.2, 0) is 13.0 Å². The van der Waals surface area contributed by atoms with Crippen molar-refractivity contribution in [2.24, 2.45) is 0 Å². The third-order valence-corrected chi connectivity index (χ3v) is 3.92. The van der Waals surface area contributed by atoms with Gasteiger partial charge in [0.05, 0.1) is 17.4 Å². The molecule has 0 radical (unpaired) electrons. The third-order valence-electron chi connectivity index (χ3n) is 3.92. The zero-order valence-electron chi connectivity index (χ0n) is 12.6. The highest BCUT2D eigenvalue weighted by Gasteiger charge is 2.21. The maximum Gasteiger partial charge on any atom is 0.0707 e. The van der Waals surface area contributed by atoms with E-state index in [4.69, 9.17) is 5.10 Å². The van der Waals surface area contributed by atoms with Crippen LogP contribution in [0.15, 0.2) is 17.7 Å². The second-order valence-corrected chi connectivity index (χ2v) is 5.25. The van der Waals surface area contributed by atoms with Crippen LogP contribution in [0.2, 0.25) is 0 Å². The van der Waals surface area contributed by atoms with Gasteiger partial charge in [-0.1, -0.05) is 25.5 Å². The number of allylic oxidation sites excluding steroid dienone is 1. The normalized spacial score (nSPS) is 17.3. The molecule has 3 heteroatoms. The Labute approximate surface area is 117 Å². The van der Waals surface area contributed by atoms with Crippen LogP contribution >= 0.6 is 0 Å². The van der Waals surface area contributed by atoms with Crippen molar-refractivity contribution in [1.82, 2.24) is 15.1 Å². The maximum absolute atomic E-state index is 4.69. The van der Waals surface area contributed by atoms with Crippen LogP contribution < -0.4 is 5.32 Å². The summed E-state index contributed by atoms with van der Waals surface area (Å²) in [7, 11) is 0. The predicted octanol–water partition coefficient (Wildman–Crippen LogP) is 3.62. The summed E-state index contributed by atoms with van der Waals surface area (Å²) in [6.45, 7) is 8.48. The summed E-state index contributed by atoms with van der Waals surface area (Å²) in [6.07, 6.45) is 8.59. The highest BCUT2D eigenvalue weighted by atomic mass is 15.3. The van der Waals surface area contributed by atoms with Gasteiger partial charge < -0.3 is 5.32 Å². The molecule has 1 aliphatic carbocycles. The van der Waals surface area contributed by atoms with Crippen LogP contribution in [0.5, 0.6) is 0 Å². The molecule has 1 aliphatic rings. The first-order valence-corrected chi connectivity index (χ1v) is 7.79. The molecule has 0 fully saturated rings. The lowest BCUT2D eigenvalue weighted by Crippen LogP contribution is -2.26. The van der Waals surface area contributed by atoms with Crippen molar-refractivity contribution < 1.29 is 0 Å². The van der Waals surface area contributed by atoms with Gasteiger partial charge in [0.25, 0.3) is 0 Å². The van der Waals surface area contributed by atoms with Crippen LogP contribution in [0.3, 0.4) is 0 Å². The van der Waals surface area contributed by atoms with Crippen molar-refractivity contribution in [2.45, 2.75) is 65.5 Å². The van der Waals surface area contributed by atoms with E-state index in [0.717, 1.165) is 19.5 Å². The van der Waals surface area contributed by atoms with E-state index in [1.54, 1.807) is 5.57 Å². The van der Waals surface area contributed by atoms with Crippen molar-refractivity contribution in [3.8, 4) is 0 Å². The third kappa shape index (κ3) is 3.27. The number of hydrogen-bond acceptors (Lipinski definition) is 2. The van der Waals surface area contributed by atoms with E-state index in [1.807, 2.05) is 0 Å². The second kappa shape index (κ2) is 6.90. The van der Waals surface area contributed by atoms with Crippen LogP contribution in [0.4, 0.5) is 0 Å². The van der Waals surface area contributed by atoms with E-state index >= 15 is 0 Å². The van der Waals surface area contributed by atoms with Gasteiger partial charge >= 0.3 is 0 Å². The SMILES string of the molecule is CCNC(C1=CCCCC1)c1cc(CC)nn1CC. The van der Waals surface area contributed by atoms with Crippen LogP contribution in [0.1, 0.15) is 63.9 Å². The first-order valence-electron chi connectivity index (χ1n) is 7.79. The quantitative estimate of drug-likeness (QED) is 0.793. The van der Waals surface area contributed by atoms with E-state index in [0.29, 0.717) is 6.04 Å². The first kappa shape index (κ1) is 14.3. The largest absolute Gasteiger partial charge is 0.306 e. The molecule has 0 saturated carbocycles. The number of likely N-dealkylation sites (N-methyl/N-ethyl adjacent to an activating group) is 1. The van der Waals surface area contributed by atoms with Gasteiger partial charge in [0.2, 0.25) is 0 Å². The maximum atomic E-state index is 4.69. The fraction of sp³-hybridized carbons (Fsp3) is 0.688. The summed E-state index contributed by atoms with van der Waals surface area (Å²) in [4.78, 5) is 0. The fourth-order valence-corrected chi connectivity index (χ4v) is 2.90. The summed E-state index contributed by atoms with van der Waals surface area (Å²) in [5.41, 5.74) is 4.11. The summed E-state index contributed by atoms with van der Waals surface area (Å²) >= 11 is 0. The summed E-state index contributed by atoms with van der Waals surface area (Å²) in [5.74, 6) is 0. The molecule has 1 N–H and O–H groups in total. The molecule has 0 aromatic carbocycles. The zero-order chi connectivity index (χ0) is 13.7. The molecular weight excluding hydrogens is 234 g/mol. The molecular formula is C16H27N3. The number of hydrogen-bond donors (Lipinski definition) is 1. The lowest BCUT2D eigenvalue weighted by Gasteiger charge is -2.24. The molecule has 0 amide bonds. The van der Waals surface area contributed by atoms with Crippen molar-refractivity contribution in [1.29, 1.82) is 0 Å². The monoisotopic (exact) mass is 261 g/mol. The Morgan fingerprint density at radius 2 is 2.16 bits per heavy atom. The lowest BCUT2D eigenvalue weighted by molar-refractivity contribution is 0.509. The van der Waals surface area contributed by atoms with E-state index in [-0.39, 0.29) is 0 Å².